The highest BCUT2D eigenvalue weighted by atomic mass is 16.7. The molecule has 1 atom stereocenters. The van der Waals surface area contributed by atoms with Crippen LogP contribution in [0.5, 0.6) is 11.5 Å². The average molecular weight is 221 g/mol. The van der Waals surface area contributed by atoms with E-state index >= 15 is 0 Å². The van der Waals surface area contributed by atoms with Gasteiger partial charge in [-0.25, -0.2) is 0 Å². The lowest BCUT2D eigenvalue weighted by Crippen LogP contribution is -2.32. The highest BCUT2D eigenvalue weighted by Crippen LogP contribution is 2.32. The predicted molar refractivity (Wildman–Crippen MR) is 64.0 cm³/mol. The number of fused-ring (bicyclic) bond motifs is 1. The van der Waals surface area contributed by atoms with Crippen LogP contribution in [0.2, 0.25) is 0 Å². The van der Waals surface area contributed by atoms with E-state index in [-0.39, 0.29) is 0 Å². The van der Waals surface area contributed by atoms with Gasteiger partial charge in [-0.05, 0) is 37.1 Å². The van der Waals surface area contributed by atoms with Crippen molar-refractivity contribution >= 4 is 0 Å². The van der Waals surface area contributed by atoms with Crippen LogP contribution in [-0.4, -0.2) is 19.9 Å². The minimum atomic E-state index is 0.346. The van der Waals surface area contributed by atoms with Gasteiger partial charge in [0.2, 0.25) is 6.79 Å². The van der Waals surface area contributed by atoms with E-state index in [1.54, 1.807) is 0 Å². The van der Waals surface area contributed by atoms with Gasteiger partial charge in [0, 0.05) is 6.04 Å². The fourth-order valence-electron chi connectivity index (χ4n) is 1.99. The number of hydrogen-bond donors (Lipinski definition) is 1. The molecule has 88 valence electrons. The monoisotopic (exact) mass is 221 g/mol. The molecule has 1 N–H and O–H groups in total. The van der Waals surface area contributed by atoms with Crippen molar-refractivity contribution < 1.29 is 9.47 Å². The lowest BCUT2D eigenvalue weighted by atomic mass is 9.96. The third-order valence-electron chi connectivity index (χ3n) is 3.07. The Morgan fingerprint density at radius 2 is 2.00 bits per heavy atom. The Morgan fingerprint density at radius 3 is 2.69 bits per heavy atom. The maximum Gasteiger partial charge on any atom is 0.231 e. The molecule has 16 heavy (non-hydrogen) atoms. The van der Waals surface area contributed by atoms with E-state index < -0.39 is 0 Å². The Balaban J connectivity index is 2.10. The molecule has 0 saturated carbocycles. The summed E-state index contributed by atoms with van der Waals surface area (Å²) in [5.41, 5.74) is 1.29. The number of benzene rings is 1. The summed E-state index contributed by atoms with van der Waals surface area (Å²) in [5.74, 6) is 2.35. The summed E-state index contributed by atoms with van der Waals surface area (Å²) in [6.07, 6.45) is 1.02. The van der Waals surface area contributed by atoms with Crippen LogP contribution >= 0.6 is 0 Å². The smallest absolute Gasteiger partial charge is 0.231 e. The lowest BCUT2D eigenvalue weighted by Gasteiger charge is -2.20. The molecular formula is C13H19NO2. The van der Waals surface area contributed by atoms with Crippen LogP contribution in [0.15, 0.2) is 18.2 Å². The highest BCUT2D eigenvalue weighted by molar-refractivity contribution is 5.44. The largest absolute Gasteiger partial charge is 0.454 e. The van der Waals surface area contributed by atoms with Crippen molar-refractivity contribution in [3.05, 3.63) is 23.8 Å². The second-order valence-corrected chi connectivity index (χ2v) is 4.53. The summed E-state index contributed by atoms with van der Waals surface area (Å²) in [5, 5.41) is 3.35. The molecule has 1 aromatic carbocycles. The molecular weight excluding hydrogens is 202 g/mol. The van der Waals surface area contributed by atoms with Gasteiger partial charge < -0.3 is 14.8 Å². The van der Waals surface area contributed by atoms with E-state index in [4.69, 9.17) is 9.47 Å². The van der Waals surface area contributed by atoms with Gasteiger partial charge in [-0.2, -0.15) is 0 Å². The van der Waals surface area contributed by atoms with E-state index in [0.717, 1.165) is 17.9 Å². The van der Waals surface area contributed by atoms with Crippen LogP contribution in [-0.2, 0) is 6.42 Å². The fourth-order valence-corrected chi connectivity index (χ4v) is 1.99. The van der Waals surface area contributed by atoms with Gasteiger partial charge in [0.1, 0.15) is 0 Å². The lowest BCUT2D eigenvalue weighted by molar-refractivity contribution is 0.174. The van der Waals surface area contributed by atoms with E-state index in [0.29, 0.717) is 18.8 Å². The van der Waals surface area contributed by atoms with Crippen LogP contribution in [0.1, 0.15) is 19.4 Å². The third kappa shape index (κ3) is 2.30. The second-order valence-electron chi connectivity index (χ2n) is 4.53. The van der Waals surface area contributed by atoms with E-state index in [1.165, 1.54) is 5.56 Å². The van der Waals surface area contributed by atoms with Crippen LogP contribution in [0.25, 0.3) is 0 Å². The van der Waals surface area contributed by atoms with E-state index in [1.807, 2.05) is 13.1 Å². The summed E-state index contributed by atoms with van der Waals surface area (Å²) in [7, 11) is 2.01. The van der Waals surface area contributed by atoms with Crippen molar-refractivity contribution in [2.75, 3.05) is 13.8 Å². The van der Waals surface area contributed by atoms with Gasteiger partial charge in [-0.3, -0.25) is 0 Å². The van der Waals surface area contributed by atoms with Crippen molar-refractivity contribution in [1.82, 2.24) is 5.32 Å². The molecule has 1 heterocycles. The molecule has 0 aromatic heterocycles. The quantitative estimate of drug-likeness (QED) is 0.845. The van der Waals surface area contributed by atoms with Gasteiger partial charge in [0.05, 0.1) is 0 Å². The number of nitrogens with one attached hydrogen (secondary N) is 1. The Hall–Kier alpha value is -1.22. The zero-order chi connectivity index (χ0) is 11.5. The van der Waals surface area contributed by atoms with Gasteiger partial charge in [-0.1, -0.05) is 19.9 Å². The molecule has 1 aromatic rings. The Labute approximate surface area is 96.8 Å². The van der Waals surface area contributed by atoms with Crippen molar-refractivity contribution in [3.8, 4) is 11.5 Å². The summed E-state index contributed by atoms with van der Waals surface area (Å²) < 4.78 is 10.7. The Kier molecular flexibility index (Phi) is 3.34. The van der Waals surface area contributed by atoms with Crippen molar-refractivity contribution in [1.29, 1.82) is 0 Å². The van der Waals surface area contributed by atoms with Gasteiger partial charge in [0.15, 0.2) is 11.5 Å². The van der Waals surface area contributed by atoms with Gasteiger partial charge in [0.25, 0.3) is 0 Å². The zero-order valence-electron chi connectivity index (χ0n) is 10.1. The molecule has 0 bridgehead atoms. The minimum Gasteiger partial charge on any atom is -0.454 e. The van der Waals surface area contributed by atoms with Crippen LogP contribution in [0.4, 0.5) is 0 Å². The summed E-state index contributed by atoms with van der Waals surface area (Å²) in [4.78, 5) is 0. The maximum absolute atomic E-state index is 5.37. The first kappa shape index (κ1) is 11.3. The predicted octanol–water partition coefficient (Wildman–Crippen LogP) is 2.20. The van der Waals surface area contributed by atoms with E-state index in [9.17, 15) is 0 Å². The van der Waals surface area contributed by atoms with Crippen LogP contribution in [0, 0.1) is 5.92 Å². The zero-order valence-corrected chi connectivity index (χ0v) is 10.1. The van der Waals surface area contributed by atoms with Crippen molar-refractivity contribution in [2.24, 2.45) is 5.92 Å². The average Bonchev–Trinajstić information content (AvgIpc) is 2.72. The molecule has 0 fully saturated rings. The molecule has 1 unspecified atom stereocenters. The third-order valence-corrected chi connectivity index (χ3v) is 3.07. The topological polar surface area (TPSA) is 30.5 Å². The molecule has 3 heteroatoms. The van der Waals surface area contributed by atoms with Crippen LogP contribution in [0.3, 0.4) is 0 Å². The number of hydrogen-bond acceptors (Lipinski definition) is 3. The van der Waals surface area contributed by atoms with Gasteiger partial charge >= 0.3 is 0 Å². The summed E-state index contributed by atoms with van der Waals surface area (Å²) in [6, 6.07) is 6.68. The number of ether oxygens (including phenoxy) is 2. The molecule has 1 aliphatic rings. The summed E-state index contributed by atoms with van der Waals surface area (Å²) in [6.45, 7) is 4.81. The normalized spacial score (nSPS) is 15.5. The molecule has 0 aliphatic carbocycles. The second kappa shape index (κ2) is 4.74. The first-order valence-electron chi connectivity index (χ1n) is 5.76. The fraction of sp³-hybridized carbons (Fsp3) is 0.538. The first-order chi connectivity index (χ1) is 7.70. The minimum absolute atomic E-state index is 0.346. The molecule has 0 radical (unpaired) electrons. The summed E-state index contributed by atoms with van der Waals surface area (Å²) >= 11 is 0. The first-order valence-corrected chi connectivity index (χ1v) is 5.76. The number of likely N-dealkylation sites (N-methyl/N-ethyl adjacent to an activating group) is 1. The van der Waals surface area contributed by atoms with Crippen molar-refractivity contribution in [2.45, 2.75) is 26.3 Å². The Bertz CT molecular complexity index is 363. The SMILES string of the molecule is CNC(Cc1ccc2c(c1)OCO2)C(C)C. The van der Waals surface area contributed by atoms with Gasteiger partial charge in [-0.15, -0.1) is 0 Å². The molecule has 2 rings (SSSR count). The molecule has 3 nitrogen and oxygen atoms in total. The maximum atomic E-state index is 5.37. The highest BCUT2D eigenvalue weighted by Gasteiger charge is 2.16. The van der Waals surface area contributed by atoms with E-state index in [2.05, 4.69) is 31.3 Å². The number of rotatable bonds is 4. The Morgan fingerprint density at radius 1 is 1.25 bits per heavy atom. The molecule has 1 aliphatic heterocycles. The van der Waals surface area contributed by atoms with Crippen molar-refractivity contribution in [3.63, 3.8) is 0 Å². The van der Waals surface area contributed by atoms with Crippen LogP contribution < -0.4 is 14.8 Å². The molecule has 0 spiro atoms. The molecule has 0 amide bonds. The molecule has 0 saturated heterocycles. The standard InChI is InChI=1S/C13H19NO2/c1-9(2)11(14-3)6-10-4-5-12-13(7-10)16-8-15-12/h4-5,7,9,11,14H,6,8H2,1-3H3.